The molecule has 1 N–H and O–H groups in total. The second-order valence-corrected chi connectivity index (χ2v) is 8.40. The number of hydrogen-bond acceptors (Lipinski definition) is 5. The molecule has 2 aliphatic rings. The van der Waals surface area contributed by atoms with E-state index in [1.807, 2.05) is 29.0 Å². The Balaban J connectivity index is 1.53. The van der Waals surface area contributed by atoms with E-state index in [0.717, 1.165) is 5.69 Å². The number of ether oxygens (including phenoxy) is 1. The largest absolute Gasteiger partial charge is 0.497 e. The molecule has 30 heavy (non-hydrogen) atoms. The number of piperazine rings is 1. The van der Waals surface area contributed by atoms with Crippen molar-refractivity contribution < 1.29 is 19.1 Å². The van der Waals surface area contributed by atoms with Crippen LogP contribution in [0.5, 0.6) is 5.75 Å². The van der Waals surface area contributed by atoms with Crippen molar-refractivity contribution in [3.8, 4) is 5.75 Å². The smallest absolute Gasteiger partial charge is 0.321 e. The lowest BCUT2D eigenvalue weighted by molar-refractivity contribution is -0.142. The number of urea groups is 1. The molecule has 2 saturated heterocycles. The van der Waals surface area contributed by atoms with Gasteiger partial charge in [0.05, 0.1) is 24.9 Å². The van der Waals surface area contributed by atoms with Crippen molar-refractivity contribution in [2.24, 2.45) is 0 Å². The Morgan fingerprint density at radius 2 is 2.07 bits per heavy atom. The monoisotopic (exact) mass is 428 g/mol. The quantitative estimate of drug-likeness (QED) is 0.815. The maximum Gasteiger partial charge on any atom is 0.321 e. The van der Waals surface area contributed by atoms with Gasteiger partial charge in [0, 0.05) is 37.1 Å². The summed E-state index contributed by atoms with van der Waals surface area (Å²) in [5.41, 5.74) is 0.891. The Morgan fingerprint density at radius 3 is 2.77 bits per heavy atom. The minimum atomic E-state index is -0.590. The predicted octanol–water partition coefficient (Wildman–Crippen LogP) is 2.63. The van der Waals surface area contributed by atoms with Crippen LogP contribution in [-0.4, -0.2) is 66.5 Å². The molecule has 3 heterocycles. The normalized spacial score (nSPS) is 21.3. The average molecular weight is 429 g/mol. The van der Waals surface area contributed by atoms with Gasteiger partial charge in [-0.1, -0.05) is 6.07 Å². The molecule has 0 radical (unpaired) electrons. The molecule has 2 aliphatic heterocycles. The Bertz CT molecular complexity index is 964. The van der Waals surface area contributed by atoms with Gasteiger partial charge in [0.15, 0.2) is 0 Å². The highest BCUT2D eigenvalue weighted by atomic mass is 32.1. The van der Waals surface area contributed by atoms with Crippen LogP contribution in [0.25, 0.3) is 0 Å². The van der Waals surface area contributed by atoms with E-state index in [9.17, 15) is 14.4 Å². The van der Waals surface area contributed by atoms with E-state index < -0.39 is 5.54 Å². The molecular weight excluding hydrogens is 404 g/mol. The van der Waals surface area contributed by atoms with E-state index in [1.165, 1.54) is 18.3 Å². The Kier molecular flexibility index (Phi) is 5.38. The van der Waals surface area contributed by atoms with Crippen LogP contribution in [0, 0.1) is 0 Å². The molecule has 1 spiro atoms. The van der Waals surface area contributed by atoms with Gasteiger partial charge in [-0.25, -0.2) is 4.79 Å². The number of thiophene rings is 1. The number of carbonyl (C=O) groups excluding carboxylic acids is 3. The Labute approximate surface area is 179 Å². The van der Waals surface area contributed by atoms with Crippen LogP contribution in [0.4, 0.5) is 16.2 Å². The zero-order valence-electron chi connectivity index (χ0n) is 17.0. The zero-order valence-corrected chi connectivity index (χ0v) is 17.8. The van der Waals surface area contributed by atoms with Crippen molar-refractivity contribution in [2.45, 2.75) is 18.9 Å². The highest BCUT2D eigenvalue weighted by molar-refractivity contribution is 7.08. The van der Waals surface area contributed by atoms with Gasteiger partial charge in [-0.3, -0.25) is 9.59 Å². The number of amides is 4. The minimum absolute atomic E-state index is 0.0243. The van der Waals surface area contributed by atoms with Gasteiger partial charge < -0.3 is 24.8 Å². The third-order valence-electron chi connectivity index (χ3n) is 5.76. The summed E-state index contributed by atoms with van der Waals surface area (Å²) in [7, 11) is 1.57. The maximum absolute atomic E-state index is 12.9. The van der Waals surface area contributed by atoms with Crippen LogP contribution in [0.15, 0.2) is 41.1 Å². The van der Waals surface area contributed by atoms with Gasteiger partial charge >= 0.3 is 6.03 Å². The number of benzene rings is 1. The fourth-order valence-corrected chi connectivity index (χ4v) is 4.87. The standard InChI is InChI=1S/C21H24N4O4S/c1-15(26)25-11-19(27)24(17-6-9-30-12-17)14-21(25)7-8-23(13-21)20(28)22-16-4-3-5-18(10-16)29-2/h3-6,9-10,12H,7-8,11,13-14H2,1-2H3,(H,22,28). The van der Waals surface area contributed by atoms with E-state index in [1.54, 1.807) is 33.9 Å². The number of nitrogens with one attached hydrogen (secondary N) is 1. The molecule has 1 aromatic heterocycles. The summed E-state index contributed by atoms with van der Waals surface area (Å²) in [5.74, 6) is 0.405. The van der Waals surface area contributed by atoms with E-state index in [4.69, 9.17) is 4.74 Å². The second kappa shape index (κ2) is 7.98. The van der Waals surface area contributed by atoms with Gasteiger partial charge in [0.2, 0.25) is 11.8 Å². The van der Waals surface area contributed by atoms with Crippen LogP contribution in [0.1, 0.15) is 13.3 Å². The lowest BCUT2D eigenvalue weighted by atomic mass is 9.92. The average Bonchev–Trinajstić information content (AvgIpc) is 3.40. The molecule has 2 aromatic rings. The molecule has 9 heteroatoms. The number of methoxy groups -OCH3 is 1. The summed E-state index contributed by atoms with van der Waals surface area (Å²) in [5, 5.41) is 6.75. The number of nitrogens with zero attached hydrogens (tertiary/aromatic N) is 3. The number of carbonyl (C=O) groups is 3. The summed E-state index contributed by atoms with van der Waals surface area (Å²) >= 11 is 1.52. The van der Waals surface area contributed by atoms with Crippen molar-refractivity contribution >= 4 is 40.6 Å². The summed E-state index contributed by atoms with van der Waals surface area (Å²) in [4.78, 5) is 43.0. The Hall–Kier alpha value is -3.07. The maximum atomic E-state index is 12.9. The lowest BCUT2D eigenvalue weighted by Crippen LogP contribution is -2.67. The van der Waals surface area contributed by atoms with E-state index >= 15 is 0 Å². The predicted molar refractivity (Wildman–Crippen MR) is 115 cm³/mol. The Morgan fingerprint density at radius 1 is 1.23 bits per heavy atom. The zero-order chi connectivity index (χ0) is 21.3. The molecule has 1 aromatic carbocycles. The SMILES string of the molecule is COc1cccc(NC(=O)N2CCC3(C2)CN(c2ccsc2)C(=O)CN3C(C)=O)c1. The number of anilines is 2. The number of likely N-dealkylation sites (tertiary alicyclic amines) is 1. The third kappa shape index (κ3) is 3.72. The molecular formula is C21H24N4O4S. The molecule has 8 nitrogen and oxygen atoms in total. The van der Waals surface area contributed by atoms with Gasteiger partial charge in [-0.15, -0.1) is 0 Å². The highest BCUT2D eigenvalue weighted by Gasteiger charge is 2.51. The summed E-state index contributed by atoms with van der Waals surface area (Å²) in [6.45, 7) is 2.76. The molecule has 0 saturated carbocycles. The molecule has 0 aliphatic carbocycles. The van der Waals surface area contributed by atoms with Crippen LogP contribution >= 0.6 is 11.3 Å². The van der Waals surface area contributed by atoms with Gasteiger partial charge in [0.1, 0.15) is 12.3 Å². The van der Waals surface area contributed by atoms with Crippen LogP contribution in [-0.2, 0) is 9.59 Å². The van der Waals surface area contributed by atoms with E-state index in [0.29, 0.717) is 37.5 Å². The number of rotatable bonds is 3. The van der Waals surface area contributed by atoms with Crippen LogP contribution in [0.2, 0.25) is 0 Å². The lowest BCUT2D eigenvalue weighted by Gasteiger charge is -2.47. The molecule has 4 rings (SSSR count). The first-order valence-corrected chi connectivity index (χ1v) is 10.7. The van der Waals surface area contributed by atoms with E-state index in [-0.39, 0.29) is 24.4 Å². The first-order chi connectivity index (χ1) is 14.4. The summed E-state index contributed by atoms with van der Waals surface area (Å²) in [6, 6.07) is 8.84. The third-order valence-corrected chi connectivity index (χ3v) is 6.43. The summed E-state index contributed by atoms with van der Waals surface area (Å²) in [6.07, 6.45) is 0.617. The van der Waals surface area contributed by atoms with Crippen molar-refractivity contribution in [2.75, 3.05) is 43.5 Å². The topological polar surface area (TPSA) is 82.2 Å². The molecule has 0 bridgehead atoms. The van der Waals surface area contributed by atoms with Crippen molar-refractivity contribution in [3.63, 3.8) is 0 Å². The fraction of sp³-hybridized carbons (Fsp3) is 0.381. The molecule has 4 amide bonds. The van der Waals surface area contributed by atoms with Crippen LogP contribution in [0.3, 0.4) is 0 Å². The molecule has 1 unspecified atom stereocenters. The van der Waals surface area contributed by atoms with Crippen molar-refractivity contribution in [1.82, 2.24) is 9.80 Å². The highest BCUT2D eigenvalue weighted by Crippen LogP contribution is 2.35. The first kappa shape index (κ1) is 20.2. The first-order valence-electron chi connectivity index (χ1n) is 9.73. The van der Waals surface area contributed by atoms with Crippen LogP contribution < -0.4 is 15.0 Å². The minimum Gasteiger partial charge on any atom is -0.497 e. The van der Waals surface area contributed by atoms with E-state index in [2.05, 4.69) is 5.32 Å². The van der Waals surface area contributed by atoms with Crippen molar-refractivity contribution in [3.05, 3.63) is 41.1 Å². The van der Waals surface area contributed by atoms with Crippen molar-refractivity contribution in [1.29, 1.82) is 0 Å². The molecule has 2 fully saturated rings. The fourth-order valence-electron chi connectivity index (χ4n) is 4.23. The number of hydrogen-bond donors (Lipinski definition) is 1. The molecule has 158 valence electrons. The second-order valence-electron chi connectivity index (χ2n) is 7.62. The van der Waals surface area contributed by atoms with Gasteiger partial charge in [0.25, 0.3) is 0 Å². The van der Waals surface area contributed by atoms with Gasteiger partial charge in [-0.05, 0) is 30.0 Å². The summed E-state index contributed by atoms with van der Waals surface area (Å²) < 4.78 is 5.20. The van der Waals surface area contributed by atoms with Gasteiger partial charge in [-0.2, -0.15) is 11.3 Å². The molecule has 1 atom stereocenters.